The summed E-state index contributed by atoms with van der Waals surface area (Å²) in [6, 6.07) is 21.9. The van der Waals surface area contributed by atoms with E-state index in [2.05, 4.69) is 18.0 Å². The Hall–Kier alpha value is -3.40. The lowest BCUT2D eigenvalue weighted by Gasteiger charge is -2.17. The van der Waals surface area contributed by atoms with Crippen LogP contribution in [0.25, 0.3) is 0 Å². The molecule has 0 saturated carbocycles. The summed E-state index contributed by atoms with van der Waals surface area (Å²) in [5.74, 6) is 3.22. The highest BCUT2D eigenvalue weighted by Gasteiger charge is 2.13. The average molecular weight is 404 g/mol. The maximum atomic E-state index is 5.85. The van der Waals surface area contributed by atoms with Crippen molar-refractivity contribution in [3.8, 4) is 23.0 Å². The summed E-state index contributed by atoms with van der Waals surface area (Å²) in [6.07, 6.45) is 2.62. The summed E-state index contributed by atoms with van der Waals surface area (Å²) < 4.78 is 17.5. The van der Waals surface area contributed by atoms with Gasteiger partial charge in [0, 0.05) is 17.8 Å². The van der Waals surface area contributed by atoms with Gasteiger partial charge in [0.2, 0.25) is 0 Å². The van der Waals surface area contributed by atoms with Crippen LogP contribution in [-0.4, -0.2) is 13.2 Å². The van der Waals surface area contributed by atoms with E-state index in [9.17, 15) is 0 Å². The first-order valence-corrected chi connectivity index (χ1v) is 10.3. The molecule has 0 atom stereocenters. The van der Waals surface area contributed by atoms with E-state index in [1.807, 2.05) is 80.6 Å². The van der Waals surface area contributed by atoms with Gasteiger partial charge in [-0.05, 0) is 74.4 Å². The van der Waals surface area contributed by atoms with Crippen molar-refractivity contribution >= 4 is 5.69 Å². The summed E-state index contributed by atoms with van der Waals surface area (Å²) in [7, 11) is 0. The molecule has 3 aromatic rings. The minimum Gasteiger partial charge on any atom is -0.490 e. The van der Waals surface area contributed by atoms with Crippen LogP contribution in [0.1, 0.15) is 25.0 Å². The van der Waals surface area contributed by atoms with Crippen LogP contribution in [0.5, 0.6) is 23.0 Å². The molecule has 0 heterocycles. The number of ether oxygens (including phenoxy) is 3. The van der Waals surface area contributed by atoms with Crippen molar-refractivity contribution < 1.29 is 14.2 Å². The predicted octanol–water partition coefficient (Wildman–Crippen LogP) is 6.62. The second-order valence-corrected chi connectivity index (χ2v) is 6.73. The monoisotopic (exact) mass is 403 g/mol. The highest BCUT2D eigenvalue weighted by Crippen LogP contribution is 2.34. The molecule has 1 N–H and O–H groups in total. The van der Waals surface area contributed by atoms with Crippen LogP contribution in [-0.2, 0) is 13.0 Å². The zero-order valence-electron chi connectivity index (χ0n) is 17.7. The predicted molar refractivity (Wildman–Crippen MR) is 123 cm³/mol. The van der Waals surface area contributed by atoms with E-state index in [1.165, 1.54) is 0 Å². The third-order valence-electron chi connectivity index (χ3n) is 4.47. The van der Waals surface area contributed by atoms with Gasteiger partial charge in [-0.2, -0.15) is 0 Å². The molecule has 3 aromatic carbocycles. The van der Waals surface area contributed by atoms with Gasteiger partial charge >= 0.3 is 0 Å². The molecule has 4 nitrogen and oxygen atoms in total. The Balaban J connectivity index is 1.70. The highest BCUT2D eigenvalue weighted by molar-refractivity contribution is 5.52. The van der Waals surface area contributed by atoms with Crippen molar-refractivity contribution in [3.05, 3.63) is 90.5 Å². The second kappa shape index (κ2) is 11.0. The number of allylic oxidation sites excluding steroid dienone is 1. The quantitative estimate of drug-likeness (QED) is 0.365. The minimum absolute atomic E-state index is 0.591. The van der Waals surface area contributed by atoms with Crippen LogP contribution < -0.4 is 19.5 Å². The smallest absolute Gasteiger partial charge is 0.164 e. The molecule has 0 aliphatic heterocycles. The third-order valence-corrected chi connectivity index (χ3v) is 4.47. The standard InChI is InChI=1S/C26H29NO3/c1-4-10-21-17-20(18-25(28-5-2)26(21)29-6-3)19-27-22-13-15-24(16-14-22)30-23-11-8-7-9-12-23/h4,7-9,11-18,27H,1,5-6,10,19H2,2-3H3. The summed E-state index contributed by atoms with van der Waals surface area (Å²) in [5, 5.41) is 3.46. The van der Waals surface area contributed by atoms with Gasteiger partial charge in [-0.25, -0.2) is 0 Å². The number of para-hydroxylation sites is 1. The van der Waals surface area contributed by atoms with E-state index in [-0.39, 0.29) is 0 Å². The molecule has 3 rings (SSSR count). The van der Waals surface area contributed by atoms with Crippen molar-refractivity contribution in [2.75, 3.05) is 18.5 Å². The molecule has 0 saturated heterocycles. The van der Waals surface area contributed by atoms with Crippen LogP contribution in [0.2, 0.25) is 0 Å². The first-order valence-electron chi connectivity index (χ1n) is 10.3. The fourth-order valence-corrected chi connectivity index (χ4v) is 3.17. The number of anilines is 1. The molecule has 156 valence electrons. The molecule has 0 aromatic heterocycles. The summed E-state index contributed by atoms with van der Waals surface area (Å²) in [6.45, 7) is 9.69. The van der Waals surface area contributed by atoms with E-state index in [0.29, 0.717) is 19.8 Å². The topological polar surface area (TPSA) is 39.7 Å². The normalized spacial score (nSPS) is 10.3. The largest absolute Gasteiger partial charge is 0.490 e. The number of rotatable bonds is 11. The van der Waals surface area contributed by atoms with E-state index >= 15 is 0 Å². The lowest BCUT2D eigenvalue weighted by molar-refractivity contribution is 0.285. The van der Waals surface area contributed by atoms with Crippen molar-refractivity contribution in [2.24, 2.45) is 0 Å². The maximum absolute atomic E-state index is 5.85. The van der Waals surface area contributed by atoms with Gasteiger partial charge in [-0.3, -0.25) is 0 Å². The van der Waals surface area contributed by atoms with E-state index in [0.717, 1.165) is 46.2 Å². The molecule has 0 aliphatic rings. The summed E-state index contributed by atoms with van der Waals surface area (Å²) >= 11 is 0. The molecule has 0 fully saturated rings. The highest BCUT2D eigenvalue weighted by atomic mass is 16.5. The molecule has 0 spiro atoms. The lowest BCUT2D eigenvalue weighted by Crippen LogP contribution is -2.05. The lowest BCUT2D eigenvalue weighted by atomic mass is 10.1. The number of hydrogen-bond donors (Lipinski definition) is 1. The van der Waals surface area contributed by atoms with Crippen LogP contribution in [0.4, 0.5) is 5.69 Å². The van der Waals surface area contributed by atoms with Crippen molar-refractivity contribution in [1.82, 2.24) is 0 Å². The zero-order valence-corrected chi connectivity index (χ0v) is 17.7. The molecule has 30 heavy (non-hydrogen) atoms. The molecule has 0 aliphatic carbocycles. The Morgan fingerprint density at radius 3 is 2.23 bits per heavy atom. The van der Waals surface area contributed by atoms with Gasteiger partial charge < -0.3 is 19.5 Å². The fourth-order valence-electron chi connectivity index (χ4n) is 3.17. The van der Waals surface area contributed by atoms with Crippen LogP contribution in [0.15, 0.2) is 79.4 Å². The van der Waals surface area contributed by atoms with Gasteiger partial charge in [0.1, 0.15) is 11.5 Å². The first-order chi connectivity index (χ1) is 14.7. The second-order valence-electron chi connectivity index (χ2n) is 6.73. The minimum atomic E-state index is 0.591. The fraction of sp³-hybridized carbons (Fsp3) is 0.231. The number of nitrogens with one attached hydrogen (secondary N) is 1. The van der Waals surface area contributed by atoms with Crippen molar-refractivity contribution in [1.29, 1.82) is 0 Å². The average Bonchev–Trinajstić information content (AvgIpc) is 2.76. The molecule has 0 bridgehead atoms. The Bertz CT molecular complexity index is 936. The van der Waals surface area contributed by atoms with Crippen LogP contribution in [0.3, 0.4) is 0 Å². The summed E-state index contributed by atoms with van der Waals surface area (Å²) in [4.78, 5) is 0. The van der Waals surface area contributed by atoms with Crippen LogP contribution >= 0.6 is 0 Å². The SMILES string of the molecule is C=CCc1cc(CNc2ccc(Oc3ccccc3)cc2)cc(OCC)c1OCC. The summed E-state index contributed by atoms with van der Waals surface area (Å²) in [5.41, 5.74) is 3.23. The Morgan fingerprint density at radius 1 is 0.867 bits per heavy atom. The zero-order chi connectivity index (χ0) is 21.2. The van der Waals surface area contributed by atoms with Gasteiger partial charge in [0.05, 0.1) is 13.2 Å². The number of benzene rings is 3. The third kappa shape index (κ3) is 5.80. The van der Waals surface area contributed by atoms with Crippen molar-refractivity contribution in [2.45, 2.75) is 26.8 Å². The van der Waals surface area contributed by atoms with Gasteiger partial charge in [0.15, 0.2) is 11.5 Å². The van der Waals surface area contributed by atoms with Crippen molar-refractivity contribution in [3.63, 3.8) is 0 Å². The molecule has 0 unspecified atom stereocenters. The Labute approximate surface area is 179 Å². The van der Waals surface area contributed by atoms with Gasteiger partial charge in [0.25, 0.3) is 0 Å². The van der Waals surface area contributed by atoms with E-state index < -0.39 is 0 Å². The van der Waals surface area contributed by atoms with Crippen LogP contribution in [0, 0.1) is 0 Å². The Morgan fingerprint density at radius 2 is 1.57 bits per heavy atom. The molecule has 4 heteroatoms. The van der Waals surface area contributed by atoms with E-state index in [1.54, 1.807) is 0 Å². The molecule has 0 amide bonds. The first kappa shape index (κ1) is 21.3. The number of hydrogen-bond acceptors (Lipinski definition) is 4. The Kier molecular flexibility index (Phi) is 7.78. The molecular formula is C26H29NO3. The van der Waals surface area contributed by atoms with Gasteiger partial charge in [-0.15, -0.1) is 6.58 Å². The molecule has 0 radical (unpaired) electrons. The van der Waals surface area contributed by atoms with E-state index in [4.69, 9.17) is 14.2 Å². The molecular weight excluding hydrogens is 374 g/mol. The van der Waals surface area contributed by atoms with Gasteiger partial charge in [-0.1, -0.05) is 24.3 Å². The maximum Gasteiger partial charge on any atom is 0.164 e.